The fraction of sp³-hybridized carbons (Fsp3) is 0.333. The lowest BCUT2D eigenvalue weighted by Crippen LogP contribution is -2.37. The van der Waals surface area contributed by atoms with E-state index in [1.807, 2.05) is 75.4 Å². The molecule has 1 N–H and O–H groups in total. The Morgan fingerprint density at radius 3 is 2.15 bits per heavy atom. The second-order valence-electron chi connectivity index (χ2n) is 9.73. The highest BCUT2D eigenvalue weighted by atomic mass is 35.5. The van der Waals surface area contributed by atoms with Gasteiger partial charge in [0.05, 0.1) is 18.5 Å². The smallest absolute Gasteiger partial charge is 0.407 e. The molecule has 5 nitrogen and oxygen atoms in total. The van der Waals surface area contributed by atoms with Crippen LogP contribution in [-0.2, 0) is 4.74 Å². The van der Waals surface area contributed by atoms with Gasteiger partial charge in [-0.15, -0.1) is 0 Å². The molecule has 0 bridgehead atoms. The van der Waals surface area contributed by atoms with Crippen molar-refractivity contribution in [2.24, 2.45) is 5.41 Å². The van der Waals surface area contributed by atoms with Crippen molar-refractivity contribution >= 4 is 29.3 Å². The van der Waals surface area contributed by atoms with Gasteiger partial charge in [-0.1, -0.05) is 47.5 Å². The van der Waals surface area contributed by atoms with E-state index in [0.717, 1.165) is 35.2 Å². The Morgan fingerprint density at radius 1 is 1.00 bits per heavy atom. The molecule has 3 aromatic rings. The first-order valence-electron chi connectivity index (χ1n) is 11.2. The molecule has 0 atom stereocenters. The molecule has 178 valence electrons. The first-order valence-corrected chi connectivity index (χ1v) is 12.0. The molecule has 7 heteroatoms. The van der Waals surface area contributed by atoms with E-state index in [-0.39, 0.29) is 5.41 Å². The van der Waals surface area contributed by atoms with Crippen molar-refractivity contribution < 1.29 is 14.3 Å². The molecule has 2 aromatic carbocycles. The van der Waals surface area contributed by atoms with Crippen LogP contribution in [0.5, 0.6) is 5.75 Å². The summed E-state index contributed by atoms with van der Waals surface area (Å²) >= 11 is 12.2. The molecular formula is C27H28Cl2N2O3. The van der Waals surface area contributed by atoms with Crippen molar-refractivity contribution in [1.29, 1.82) is 0 Å². The Bertz CT molecular complexity index is 1150. The number of ether oxygens (including phenoxy) is 2. The fourth-order valence-electron chi connectivity index (χ4n) is 3.57. The van der Waals surface area contributed by atoms with E-state index in [1.54, 1.807) is 6.20 Å². The Balaban J connectivity index is 1.50. The van der Waals surface area contributed by atoms with Crippen LogP contribution in [0.15, 0.2) is 60.8 Å². The van der Waals surface area contributed by atoms with E-state index in [2.05, 4.69) is 5.32 Å². The summed E-state index contributed by atoms with van der Waals surface area (Å²) in [5, 5.41) is 4.22. The van der Waals surface area contributed by atoms with Gasteiger partial charge in [0, 0.05) is 33.1 Å². The largest absolute Gasteiger partial charge is 0.491 e. The van der Waals surface area contributed by atoms with E-state index >= 15 is 0 Å². The summed E-state index contributed by atoms with van der Waals surface area (Å²) in [4.78, 5) is 16.7. The predicted octanol–water partition coefficient (Wildman–Crippen LogP) is 7.41. The third kappa shape index (κ3) is 6.43. The number of carbonyl (C=O) groups excluding carboxylic acids is 1. The molecular weight excluding hydrogens is 471 g/mol. The highest BCUT2D eigenvalue weighted by molar-refractivity contribution is 6.31. The Hall–Kier alpha value is -2.76. The van der Waals surface area contributed by atoms with E-state index in [1.165, 1.54) is 0 Å². The van der Waals surface area contributed by atoms with Crippen LogP contribution in [-0.4, -0.2) is 29.8 Å². The van der Waals surface area contributed by atoms with Gasteiger partial charge in [-0.3, -0.25) is 4.98 Å². The van der Waals surface area contributed by atoms with Crippen molar-refractivity contribution in [2.45, 2.75) is 39.2 Å². The SMILES string of the molecule is CC(C)(C)OC(=O)NCC1(COc2cnc(-c3ccc(Cl)cc3)c(-c3ccc(Cl)cc3)c2)CC1. The number of alkyl carbamates (subject to hydrolysis) is 1. The number of aromatic nitrogens is 1. The third-order valence-electron chi connectivity index (χ3n) is 5.64. The summed E-state index contributed by atoms with van der Waals surface area (Å²) in [5.74, 6) is 0.672. The molecule has 4 rings (SSSR count). The molecule has 1 fully saturated rings. The lowest BCUT2D eigenvalue weighted by Gasteiger charge is -2.22. The molecule has 1 amide bonds. The van der Waals surface area contributed by atoms with Crippen LogP contribution in [0, 0.1) is 5.41 Å². The van der Waals surface area contributed by atoms with Crippen LogP contribution in [0.2, 0.25) is 10.0 Å². The number of nitrogens with one attached hydrogen (secondary N) is 1. The lowest BCUT2D eigenvalue weighted by atomic mass is 9.99. The first kappa shape index (κ1) is 24.4. The van der Waals surface area contributed by atoms with Gasteiger partial charge in [0.1, 0.15) is 11.4 Å². The molecule has 1 heterocycles. The standard InChI is InChI=1S/C27H28Cl2N2O3/c1-26(2,3)34-25(32)31-16-27(12-13-27)17-33-22-14-23(18-4-8-20(28)9-5-18)24(30-15-22)19-6-10-21(29)11-7-19/h4-11,14-15H,12-13,16-17H2,1-3H3,(H,31,32). The fourth-order valence-corrected chi connectivity index (χ4v) is 3.82. The van der Waals surface area contributed by atoms with Gasteiger partial charge < -0.3 is 14.8 Å². The van der Waals surface area contributed by atoms with Crippen LogP contribution in [0.4, 0.5) is 4.79 Å². The van der Waals surface area contributed by atoms with Crippen molar-refractivity contribution in [3.63, 3.8) is 0 Å². The molecule has 0 unspecified atom stereocenters. The number of hydrogen-bond donors (Lipinski definition) is 1. The van der Waals surface area contributed by atoms with Crippen LogP contribution in [0.3, 0.4) is 0 Å². The number of halogens is 2. The van der Waals surface area contributed by atoms with Crippen molar-refractivity contribution in [3.05, 3.63) is 70.8 Å². The average Bonchev–Trinajstić information content (AvgIpc) is 3.57. The molecule has 34 heavy (non-hydrogen) atoms. The number of hydrogen-bond acceptors (Lipinski definition) is 4. The van der Waals surface area contributed by atoms with Gasteiger partial charge in [-0.25, -0.2) is 4.79 Å². The number of amides is 1. The molecule has 1 aliphatic rings. The van der Waals surface area contributed by atoms with Gasteiger partial charge >= 0.3 is 6.09 Å². The molecule has 0 aliphatic heterocycles. The zero-order valence-electron chi connectivity index (χ0n) is 19.5. The van der Waals surface area contributed by atoms with E-state index < -0.39 is 11.7 Å². The summed E-state index contributed by atoms with van der Waals surface area (Å²) in [5.41, 5.74) is 3.12. The van der Waals surface area contributed by atoms with Crippen LogP contribution >= 0.6 is 23.2 Å². The Labute approximate surface area is 210 Å². The maximum absolute atomic E-state index is 12.0. The van der Waals surface area contributed by atoms with Crippen LogP contribution < -0.4 is 10.1 Å². The molecule has 1 aliphatic carbocycles. The van der Waals surface area contributed by atoms with Gasteiger partial charge in [0.2, 0.25) is 0 Å². The van der Waals surface area contributed by atoms with Gasteiger partial charge in [0.25, 0.3) is 0 Å². The molecule has 0 radical (unpaired) electrons. The quantitative estimate of drug-likeness (QED) is 0.368. The lowest BCUT2D eigenvalue weighted by molar-refractivity contribution is 0.0509. The molecule has 0 saturated heterocycles. The highest BCUT2D eigenvalue weighted by Gasteiger charge is 2.44. The summed E-state index contributed by atoms with van der Waals surface area (Å²) < 4.78 is 11.5. The monoisotopic (exact) mass is 498 g/mol. The second-order valence-corrected chi connectivity index (χ2v) is 10.6. The minimum atomic E-state index is -0.521. The van der Waals surface area contributed by atoms with Crippen molar-refractivity contribution in [1.82, 2.24) is 10.3 Å². The summed E-state index contributed by atoms with van der Waals surface area (Å²) in [6.45, 7) is 6.55. The maximum Gasteiger partial charge on any atom is 0.407 e. The summed E-state index contributed by atoms with van der Waals surface area (Å²) in [7, 11) is 0. The maximum atomic E-state index is 12.0. The van der Waals surface area contributed by atoms with E-state index in [9.17, 15) is 4.79 Å². The predicted molar refractivity (Wildman–Crippen MR) is 137 cm³/mol. The minimum absolute atomic E-state index is 0.0772. The van der Waals surface area contributed by atoms with Gasteiger partial charge in [0.15, 0.2) is 0 Å². The number of carbonyl (C=O) groups is 1. The van der Waals surface area contributed by atoms with Gasteiger partial charge in [-0.2, -0.15) is 0 Å². The minimum Gasteiger partial charge on any atom is -0.491 e. The van der Waals surface area contributed by atoms with Gasteiger partial charge in [-0.05, 0) is 69.5 Å². The van der Waals surface area contributed by atoms with Crippen LogP contribution in [0.25, 0.3) is 22.4 Å². The summed E-state index contributed by atoms with van der Waals surface area (Å²) in [6, 6.07) is 17.3. The number of benzene rings is 2. The number of rotatable bonds is 7. The van der Waals surface area contributed by atoms with E-state index in [4.69, 9.17) is 37.7 Å². The average molecular weight is 499 g/mol. The molecule has 1 saturated carbocycles. The normalized spacial score (nSPS) is 14.4. The van der Waals surface area contributed by atoms with Crippen LogP contribution in [0.1, 0.15) is 33.6 Å². The van der Waals surface area contributed by atoms with E-state index in [0.29, 0.717) is 28.9 Å². The first-order chi connectivity index (χ1) is 16.1. The van der Waals surface area contributed by atoms with Crippen molar-refractivity contribution in [2.75, 3.05) is 13.2 Å². The summed E-state index contributed by atoms with van der Waals surface area (Å²) in [6.07, 6.45) is 3.31. The Morgan fingerprint density at radius 2 is 1.59 bits per heavy atom. The number of nitrogens with zero attached hydrogens (tertiary/aromatic N) is 1. The molecule has 0 spiro atoms. The zero-order chi connectivity index (χ0) is 24.3. The topological polar surface area (TPSA) is 60.5 Å². The van der Waals surface area contributed by atoms with Crippen molar-refractivity contribution in [3.8, 4) is 28.1 Å². The third-order valence-corrected chi connectivity index (χ3v) is 6.15. The molecule has 1 aromatic heterocycles. The zero-order valence-corrected chi connectivity index (χ0v) is 21.0. The Kier molecular flexibility index (Phi) is 7.06. The highest BCUT2D eigenvalue weighted by Crippen LogP contribution is 2.45. The second kappa shape index (κ2) is 9.85. The number of pyridine rings is 1.